The summed E-state index contributed by atoms with van der Waals surface area (Å²) >= 11 is 5.93. The molecule has 2 rings (SSSR count). The number of carbonyl (C=O) groups is 1. The van der Waals surface area contributed by atoms with Gasteiger partial charge in [-0.1, -0.05) is 35.9 Å². The van der Waals surface area contributed by atoms with E-state index in [2.05, 4.69) is 5.32 Å². The van der Waals surface area contributed by atoms with Crippen molar-refractivity contribution in [2.75, 3.05) is 24.7 Å². The number of hydrogen-bond acceptors (Lipinski definition) is 4. The molecule has 0 heterocycles. The molecule has 2 aromatic carbocycles. The fourth-order valence-corrected chi connectivity index (χ4v) is 3.34. The van der Waals surface area contributed by atoms with Crippen molar-refractivity contribution in [2.45, 2.75) is 6.42 Å². The monoisotopic (exact) mass is 391 g/mol. The molecule has 2 aromatic rings. The van der Waals surface area contributed by atoms with Crippen LogP contribution in [0.2, 0.25) is 5.02 Å². The molecule has 0 fully saturated rings. The Morgan fingerprint density at radius 2 is 1.96 bits per heavy atom. The van der Waals surface area contributed by atoms with Crippen molar-refractivity contribution in [1.82, 2.24) is 4.31 Å². The fraction of sp³-hybridized carbons (Fsp3) is 0.222. The first-order chi connectivity index (χ1) is 12.3. The normalized spacial score (nSPS) is 11.2. The summed E-state index contributed by atoms with van der Waals surface area (Å²) in [6.45, 7) is -0.189. The van der Waals surface area contributed by atoms with Crippen molar-refractivity contribution in [3.05, 3.63) is 64.7 Å². The lowest BCUT2D eigenvalue weighted by Crippen LogP contribution is -2.38. The maximum absolute atomic E-state index is 12.3. The van der Waals surface area contributed by atoms with E-state index in [4.69, 9.17) is 16.9 Å². The maximum Gasteiger partial charge on any atom is 0.239 e. The highest BCUT2D eigenvalue weighted by atomic mass is 35.5. The van der Waals surface area contributed by atoms with Gasteiger partial charge in [-0.3, -0.25) is 4.79 Å². The molecule has 26 heavy (non-hydrogen) atoms. The van der Waals surface area contributed by atoms with Gasteiger partial charge in [-0.15, -0.1) is 0 Å². The Bertz CT molecular complexity index is 939. The number of hydrogen-bond donors (Lipinski definition) is 1. The molecule has 136 valence electrons. The van der Waals surface area contributed by atoms with Gasteiger partial charge in [0.05, 0.1) is 24.1 Å². The van der Waals surface area contributed by atoms with Crippen LogP contribution >= 0.6 is 11.6 Å². The lowest BCUT2D eigenvalue weighted by atomic mass is 10.1. The van der Waals surface area contributed by atoms with E-state index in [-0.39, 0.29) is 13.1 Å². The number of benzene rings is 2. The molecule has 0 saturated carbocycles. The van der Waals surface area contributed by atoms with Crippen LogP contribution in [-0.2, 0) is 21.2 Å². The van der Waals surface area contributed by atoms with Crippen LogP contribution in [0.4, 0.5) is 5.69 Å². The van der Waals surface area contributed by atoms with E-state index in [1.54, 1.807) is 42.5 Å². The van der Waals surface area contributed by atoms with Crippen LogP contribution in [0.15, 0.2) is 48.5 Å². The fourth-order valence-electron chi connectivity index (χ4n) is 2.35. The molecule has 0 aliphatic rings. The van der Waals surface area contributed by atoms with Crippen molar-refractivity contribution >= 4 is 33.2 Å². The Labute approximate surface area is 158 Å². The van der Waals surface area contributed by atoms with Crippen LogP contribution in [0.3, 0.4) is 0 Å². The molecule has 1 amide bonds. The van der Waals surface area contributed by atoms with Crippen LogP contribution in [0.25, 0.3) is 0 Å². The lowest BCUT2D eigenvalue weighted by molar-refractivity contribution is -0.116. The van der Waals surface area contributed by atoms with Crippen LogP contribution in [0.5, 0.6) is 0 Å². The van der Waals surface area contributed by atoms with E-state index in [9.17, 15) is 13.2 Å². The zero-order valence-corrected chi connectivity index (χ0v) is 15.7. The second kappa shape index (κ2) is 8.81. The second-order valence-electron chi connectivity index (χ2n) is 5.68. The number of anilines is 1. The van der Waals surface area contributed by atoms with E-state index in [0.717, 1.165) is 16.1 Å². The number of nitrogens with one attached hydrogen (secondary N) is 1. The molecule has 0 aliphatic heterocycles. The molecule has 0 saturated heterocycles. The van der Waals surface area contributed by atoms with Crippen LogP contribution in [0, 0.1) is 11.3 Å². The van der Waals surface area contributed by atoms with Crippen molar-refractivity contribution in [3.63, 3.8) is 0 Å². The van der Waals surface area contributed by atoms with E-state index < -0.39 is 15.9 Å². The largest absolute Gasteiger partial charge is 0.324 e. The summed E-state index contributed by atoms with van der Waals surface area (Å²) in [5.74, 6) is -0.510. The molecule has 0 bridgehead atoms. The molecule has 0 spiro atoms. The summed E-state index contributed by atoms with van der Waals surface area (Å²) in [7, 11) is -3.57. The Morgan fingerprint density at radius 1 is 1.23 bits per heavy atom. The Morgan fingerprint density at radius 3 is 2.62 bits per heavy atom. The Kier molecular flexibility index (Phi) is 6.75. The SMILES string of the molecule is CS(=O)(=O)N(CCc1cccc(Cl)c1)CC(=O)Nc1ccccc1C#N. The number of sulfonamides is 1. The van der Waals surface area contributed by atoms with Gasteiger partial charge in [0.2, 0.25) is 15.9 Å². The predicted molar refractivity (Wildman–Crippen MR) is 101 cm³/mol. The standard InChI is InChI=1S/C18H18ClN3O3S/c1-26(24,25)22(10-9-14-5-4-7-16(19)11-14)13-18(23)21-17-8-3-2-6-15(17)12-20/h2-8,11H,9-10,13H2,1H3,(H,21,23). The number of carbonyl (C=O) groups excluding carboxylic acids is 1. The number of rotatable bonds is 7. The van der Waals surface area contributed by atoms with Crippen LogP contribution < -0.4 is 5.32 Å². The predicted octanol–water partition coefficient (Wildman–Crippen LogP) is 2.65. The third-order valence-corrected chi connectivity index (χ3v) is 5.13. The third-order valence-electron chi connectivity index (χ3n) is 3.65. The number of amides is 1. The summed E-state index contributed by atoms with van der Waals surface area (Å²) in [6, 6.07) is 15.6. The third kappa shape index (κ3) is 5.85. The quantitative estimate of drug-likeness (QED) is 0.785. The smallest absolute Gasteiger partial charge is 0.239 e. The minimum Gasteiger partial charge on any atom is -0.324 e. The molecular weight excluding hydrogens is 374 g/mol. The summed E-state index contributed by atoms with van der Waals surface area (Å²) in [5.41, 5.74) is 1.54. The van der Waals surface area contributed by atoms with Gasteiger partial charge in [-0.25, -0.2) is 8.42 Å². The minimum atomic E-state index is -3.57. The number of nitrogens with zero attached hydrogens (tertiary/aromatic N) is 2. The minimum absolute atomic E-state index is 0.145. The van der Waals surface area contributed by atoms with Crippen molar-refractivity contribution in [1.29, 1.82) is 5.26 Å². The van der Waals surface area contributed by atoms with Gasteiger partial charge < -0.3 is 5.32 Å². The molecule has 8 heteroatoms. The first-order valence-electron chi connectivity index (χ1n) is 7.78. The second-order valence-corrected chi connectivity index (χ2v) is 8.10. The molecular formula is C18H18ClN3O3S. The highest BCUT2D eigenvalue weighted by Crippen LogP contribution is 2.15. The topological polar surface area (TPSA) is 90.3 Å². The average molecular weight is 392 g/mol. The highest BCUT2D eigenvalue weighted by molar-refractivity contribution is 7.88. The summed E-state index contributed by atoms with van der Waals surface area (Å²) in [4.78, 5) is 12.3. The van der Waals surface area contributed by atoms with Gasteiger partial charge >= 0.3 is 0 Å². The summed E-state index contributed by atoms with van der Waals surface area (Å²) < 4.78 is 25.1. The number of halogens is 1. The molecule has 0 aliphatic carbocycles. The Hall–Kier alpha value is -2.40. The van der Waals surface area contributed by atoms with Crippen molar-refractivity contribution in [3.8, 4) is 6.07 Å². The molecule has 0 unspecified atom stereocenters. The maximum atomic E-state index is 12.3. The van der Waals surface area contributed by atoms with E-state index in [0.29, 0.717) is 22.7 Å². The van der Waals surface area contributed by atoms with Gasteiger partial charge in [-0.05, 0) is 36.2 Å². The molecule has 0 aromatic heterocycles. The average Bonchev–Trinajstić information content (AvgIpc) is 2.58. The molecule has 1 N–H and O–H groups in total. The van der Waals surface area contributed by atoms with Crippen LogP contribution in [0.1, 0.15) is 11.1 Å². The van der Waals surface area contributed by atoms with Crippen molar-refractivity contribution < 1.29 is 13.2 Å². The van der Waals surface area contributed by atoms with Gasteiger partial charge in [-0.2, -0.15) is 9.57 Å². The lowest BCUT2D eigenvalue weighted by Gasteiger charge is -2.19. The Balaban J connectivity index is 2.06. The first kappa shape index (κ1) is 19.9. The summed E-state index contributed by atoms with van der Waals surface area (Å²) in [6.07, 6.45) is 1.48. The van der Waals surface area contributed by atoms with E-state index in [1.807, 2.05) is 12.1 Å². The van der Waals surface area contributed by atoms with Gasteiger partial charge in [0.15, 0.2) is 0 Å². The van der Waals surface area contributed by atoms with E-state index in [1.165, 1.54) is 0 Å². The molecule has 6 nitrogen and oxygen atoms in total. The van der Waals surface area contributed by atoms with Gasteiger partial charge in [0.25, 0.3) is 0 Å². The van der Waals surface area contributed by atoms with Crippen molar-refractivity contribution in [2.24, 2.45) is 0 Å². The number of para-hydroxylation sites is 1. The van der Waals surface area contributed by atoms with E-state index >= 15 is 0 Å². The summed E-state index contributed by atoms with van der Waals surface area (Å²) in [5, 5.41) is 12.2. The van der Waals surface area contributed by atoms with Gasteiger partial charge in [0.1, 0.15) is 6.07 Å². The highest BCUT2D eigenvalue weighted by Gasteiger charge is 2.20. The first-order valence-corrected chi connectivity index (χ1v) is 10.0. The zero-order valence-electron chi connectivity index (χ0n) is 14.1. The van der Waals surface area contributed by atoms with Crippen LogP contribution in [-0.4, -0.2) is 38.0 Å². The number of nitriles is 1. The van der Waals surface area contributed by atoms with Gasteiger partial charge in [0, 0.05) is 11.6 Å². The molecule has 0 atom stereocenters. The zero-order chi connectivity index (χ0) is 19.2. The molecule has 0 radical (unpaired) electrons.